The van der Waals surface area contributed by atoms with E-state index >= 15 is 0 Å². The van der Waals surface area contributed by atoms with Gasteiger partial charge in [0, 0.05) is 18.8 Å². The topological polar surface area (TPSA) is 31.2 Å². The second kappa shape index (κ2) is 6.17. The Kier molecular flexibility index (Phi) is 4.51. The first-order chi connectivity index (χ1) is 9.89. The molecule has 2 rings (SSSR count). The van der Waals surface area contributed by atoms with Gasteiger partial charge in [-0.25, -0.2) is 0 Å². The lowest BCUT2D eigenvalue weighted by Gasteiger charge is -2.19. The van der Waals surface area contributed by atoms with Gasteiger partial charge in [-0.2, -0.15) is 0 Å². The van der Waals surface area contributed by atoms with Gasteiger partial charge in [0.1, 0.15) is 5.75 Å². The molecule has 3 nitrogen and oxygen atoms in total. The number of ether oxygens (including phenoxy) is 1. The van der Waals surface area contributed by atoms with Gasteiger partial charge in [-0.05, 0) is 41.2 Å². The van der Waals surface area contributed by atoms with Crippen molar-refractivity contribution >= 4 is 0 Å². The number of rotatable bonds is 4. The summed E-state index contributed by atoms with van der Waals surface area (Å²) in [5.41, 5.74) is 2.40. The number of benzene rings is 1. The van der Waals surface area contributed by atoms with Crippen molar-refractivity contribution in [2.75, 3.05) is 7.11 Å². The zero-order valence-electron chi connectivity index (χ0n) is 13.2. The van der Waals surface area contributed by atoms with Crippen LogP contribution in [0, 0.1) is 5.41 Å². The zero-order chi connectivity index (χ0) is 15.5. The van der Waals surface area contributed by atoms with Crippen LogP contribution in [0.15, 0.2) is 47.4 Å². The van der Waals surface area contributed by atoms with Gasteiger partial charge in [-0.1, -0.05) is 32.9 Å². The Morgan fingerprint density at radius 2 is 1.62 bits per heavy atom. The van der Waals surface area contributed by atoms with E-state index in [4.69, 9.17) is 4.74 Å². The molecule has 0 fully saturated rings. The van der Waals surface area contributed by atoms with Crippen molar-refractivity contribution in [3.8, 4) is 16.9 Å². The van der Waals surface area contributed by atoms with E-state index in [1.165, 1.54) is 0 Å². The fourth-order valence-electron chi connectivity index (χ4n) is 2.12. The van der Waals surface area contributed by atoms with Crippen LogP contribution in [0.5, 0.6) is 5.75 Å². The predicted molar refractivity (Wildman–Crippen MR) is 86.8 cm³/mol. The highest BCUT2D eigenvalue weighted by atomic mass is 16.5. The highest BCUT2D eigenvalue weighted by molar-refractivity contribution is 5.63. The minimum absolute atomic E-state index is 0.0523. The Labute approximate surface area is 126 Å². The first kappa shape index (κ1) is 15.4. The van der Waals surface area contributed by atoms with Crippen molar-refractivity contribution < 1.29 is 4.74 Å². The molecular weight excluding hydrogens is 262 g/mol. The van der Waals surface area contributed by atoms with Gasteiger partial charge in [0.05, 0.1) is 7.11 Å². The van der Waals surface area contributed by atoms with Crippen LogP contribution >= 0.6 is 0 Å². The van der Waals surface area contributed by atoms with Crippen LogP contribution in [0.4, 0.5) is 0 Å². The Hall–Kier alpha value is -2.03. The van der Waals surface area contributed by atoms with E-state index < -0.39 is 0 Å². The van der Waals surface area contributed by atoms with Crippen LogP contribution in [-0.2, 0) is 6.54 Å². The van der Waals surface area contributed by atoms with Gasteiger partial charge in [0.25, 0.3) is 5.56 Å². The van der Waals surface area contributed by atoms with Gasteiger partial charge in [-0.15, -0.1) is 0 Å². The second-order valence-corrected chi connectivity index (χ2v) is 6.49. The minimum atomic E-state index is 0.0523. The van der Waals surface area contributed by atoms with E-state index in [2.05, 4.69) is 20.8 Å². The third-order valence-corrected chi connectivity index (χ3v) is 3.51. The number of hydrogen-bond acceptors (Lipinski definition) is 2. The number of methoxy groups -OCH3 is 1. The van der Waals surface area contributed by atoms with Crippen LogP contribution < -0.4 is 10.3 Å². The molecular formula is C18H23NO2. The first-order valence-corrected chi connectivity index (χ1v) is 7.24. The Morgan fingerprint density at radius 3 is 2.19 bits per heavy atom. The normalized spacial score (nSPS) is 11.4. The van der Waals surface area contributed by atoms with E-state index in [0.717, 1.165) is 29.8 Å². The molecule has 0 N–H and O–H groups in total. The number of aryl methyl sites for hydroxylation is 1. The molecule has 21 heavy (non-hydrogen) atoms. The van der Waals surface area contributed by atoms with E-state index in [1.807, 2.05) is 36.5 Å². The second-order valence-electron chi connectivity index (χ2n) is 6.49. The summed E-state index contributed by atoms with van der Waals surface area (Å²) in [7, 11) is 1.65. The lowest BCUT2D eigenvalue weighted by Crippen LogP contribution is -2.21. The molecule has 0 bridgehead atoms. The Balaban J connectivity index is 2.26. The maximum Gasteiger partial charge on any atom is 0.250 e. The number of nitrogens with zero attached hydrogens (tertiary/aromatic N) is 1. The van der Waals surface area contributed by atoms with Crippen molar-refractivity contribution in [1.82, 2.24) is 4.57 Å². The predicted octanol–water partition coefficient (Wildman–Crippen LogP) is 3.96. The third-order valence-electron chi connectivity index (χ3n) is 3.51. The average Bonchev–Trinajstić information content (AvgIpc) is 2.46. The van der Waals surface area contributed by atoms with Crippen molar-refractivity contribution in [3.63, 3.8) is 0 Å². The van der Waals surface area contributed by atoms with E-state index in [1.54, 1.807) is 17.7 Å². The van der Waals surface area contributed by atoms with Crippen LogP contribution in [0.2, 0.25) is 0 Å². The highest BCUT2D eigenvalue weighted by Gasteiger charge is 2.11. The first-order valence-electron chi connectivity index (χ1n) is 7.24. The molecule has 1 heterocycles. The maximum absolute atomic E-state index is 12.0. The molecule has 0 amide bonds. The smallest absolute Gasteiger partial charge is 0.250 e. The molecule has 0 saturated carbocycles. The van der Waals surface area contributed by atoms with Gasteiger partial charge in [-0.3, -0.25) is 4.79 Å². The summed E-state index contributed by atoms with van der Waals surface area (Å²) in [5.74, 6) is 0.833. The molecule has 1 aromatic carbocycles. The van der Waals surface area contributed by atoms with Crippen molar-refractivity contribution in [1.29, 1.82) is 0 Å². The molecule has 0 aliphatic carbocycles. The summed E-state index contributed by atoms with van der Waals surface area (Å²) in [6, 6.07) is 11.4. The monoisotopic (exact) mass is 285 g/mol. The molecule has 0 unspecified atom stereocenters. The lowest BCUT2D eigenvalue weighted by atomic mass is 9.92. The Morgan fingerprint density at radius 1 is 1.00 bits per heavy atom. The third kappa shape index (κ3) is 4.22. The van der Waals surface area contributed by atoms with Crippen molar-refractivity contribution in [3.05, 3.63) is 52.9 Å². The zero-order valence-corrected chi connectivity index (χ0v) is 13.2. The van der Waals surface area contributed by atoms with E-state index in [-0.39, 0.29) is 11.0 Å². The number of aromatic nitrogens is 1. The standard InChI is InChI=1S/C18H23NO2/c1-18(2,3)11-12-19-13-15(7-10-17(19)20)14-5-8-16(21-4)9-6-14/h5-10,13H,11-12H2,1-4H3. The largest absolute Gasteiger partial charge is 0.497 e. The molecule has 0 aliphatic heterocycles. The molecule has 2 aromatic rings. The fourth-order valence-corrected chi connectivity index (χ4v) is 2.12. The molecule has 1 aromatic heterocycles. The molecule has 0 atom stereocenters. The highest BCUT2D eigenvalue weighted by Crippen LogP contribution is 2.22. The quantitative estimate of drug-likeness (QED) is 0.851. The molecule has 0 aliphatic rings. The average molecular weight is 285 g/mol. The fraction of sp³-hybridized carbons (Fsp3) is 0.389. The van der Waals surface area contributed by atoms with Crippen LogP contribution in [0.1, 0.15) is 27.2 Å². The van der Waals surface area contributed by atoms with Gasteiger partial charge in [0.15, 0.2) is 0 Å². The van der Waals surface area contributed by atoms with Crippen molar-refractivity contribution in [2.45, 2.75) is 33.7 Å². The van der Waals surface area contributed by atoms with E-state index in [9.17, 15) is 4.79 Å². The Bertz CT molecular complexity index is 648. The van der Waals surface area contributed by atoms with E-state index in [0.29, 0.717) is 0 Å². The lowest BCUT2D eigenvalue weighted by molar-refractivity contribution is 0.348. The SMILES string of the molecule is COc1ccc(-c2ccc(=O)n(CCC(C)(C)C)c2)cc1. The van der Waals surface area contributed by atoms with Crippen LogP contribution in [0.3, 0.4) is 0 Å². The van der Waals surface area contributed by atoms with Gasteiger partial charge in [0.2, 0.25) is 0 Å². The number of hydrogen-bond donors (Lipinski definition) is 0. The molecule has 3 heteroatoms. The summed E-state index contributed by atoms with van der Waals surface area (Å²) in [6.07, 6.45) is 2.91. The summed E-state index contributed by atoms with van der Waals surface area (Å²) < 4.78 is 6.97. The summed E-state index contributed by atoms with van der Waals surface area (Å²) >= 11 is 0. The van der Waals surface area contributed by atoms with Crippen molar-refractivity contribution in [2.24, 2.45) is 5.41 Å². The summed E-state index contributed by atoms with van der Waals surface area (Å²) in [4.78, 5) is 12.0. The minimum Gasteiger partial charge on any atom is -0.497 e. The van der Waals surface area contributed by atoms with Gasteiger partial charge < -0.3 is 9.30 Å². The molecule has 112 valence electrons. The maximum atomic E-state index is 12.0. The molecule has 0 saturated heterocycles. The van der Waals surface area contributed by atoms with Crippen LogP contribution in [0.25, 0.3) is 11.1 Å². The molecule has 0 spiro atoms. The number of pyridine rings is 1. The molecule has 0 radical (unpaired) electrons. The van der Waals surface area contributed by atoms with Crippen LogP contribution in [-0.4, -0.2) is 11.7 Å². The summed E-state index contributed by atoms with van der Waals surface area (Å²) in [6.45, 7) is 7.30. The van der Waals surface area contributed by atoms with Gasteiger partial charge >= 0.3 is 0 Å². The summed E-state index contributed by atoms with van der Waals surface area (Å²) in [5, 5.41) is 0.